The van der Waals surface area contributed by atoms with E-state index in [4.69, 9.17) is 0 Å². The molecular formula is C12H15N3O3S. The maximum absolute atomic E-state index is 12.2. The Bertz CT molecular complexity index is 645. The first-order valence-electron chi connectivity index (χ1n) is 6.32. The number of aromatic nitrogens is 2. The van der Waals surface area contributed by atoms with E-state index >= 15 is 0 Å². The minimum Gasteiger partial charge on any atom is -0.345 e. The number of carbonyl (C=O) groups excluding carboxylic acids is 1. The van der Waals surface area contributed by atoms with Gasteiger partial charge in [0.2, 0.25) is 0 Å². The first-order chi connectivity index (χ1) is 9.05. The van der Waals surface area contributed by atoms with Gasteiger partial charge in [-0.15, -0.1) is 0 Å². The molecule has 6 nitrogen and oxygen atoms in total. The molecule has 1 atom stereocenters. The molecule has 3 heterocycles. The summed E-state index contributed by atoms with van der Waals surface area (Å²) in [6, 6.07) is -0.434. The predicted molar refractivity (Wildman–Crippen MR) is 69.3 cm³/mol. The summed E-state index contributed by atoms with van der Waals surface area (Å²) in [5.41, 5.74) is 1.52. The number of amides is 1. The van der Waals surface area contributed by atoms with Gasteiger partial charge in [0.05, 0.1) is 29.2 Å². The fourth-order valence-corrected chi connectivity index (χ4v) is 3.76. The average molecular weight is 281 g/mol. The Kier molecular flexibility index (Phi) is 2.93. The maximum atomic E-state index is 12.2. The fourth-order valence-electron chi connectivity index (χ4n) is 2.52. The van der Waals surface area contributed by atoms with Gasteiger partial charge in [-0.05, 0) is 25.3 Å². The third-order valence-electron chi connectivity index (χ3n) is 3.47. The second-order valence-electron chi connectivity index (χ2n) is 4.92. The SMILES string of the molecule is O=C(N[C@H]1C=CS(=O)(=O)C1)c1cnn2c1CCCC2. The number of nitrogens with one attached hydrogen (secondary N) is 1. The second-order valence-corrected chi connectivity index (χ2v) is 6.85. The van der Waals surface area contributed by atoms with Gasteiger partial charge in [-0.1, -0.05) is 0 Å². The first-order valence-corrected chi connectivity index (χ1v) is 8.03. The van der Waals surface area contributed by atoms with E-state index in [2.05, 4.69) is 10.4 Å². The average Bonchev–Trinajstić information content (AvgIpc) is 2.92. The standard InChI is InChI=1S/C12H15N3O3S/c16-12(14-9-4-6-19(17,18)8-9)10-7-13-15-5-2-1-3-11(10)15/h4,6-7,9H,1-3,5,8H2,(H,14,16)/t9-/m0/s1. The summed E-state index contributed by atoms with van der Waals surface area (Å²) in [5, 5.41) is 8.09. The zero-order chi connectivity index (χ0) is 13.5. The lowest BCUT2D eigenvalue weighted by molar-refractivity contribution is 0.0946. The molecular weight excluding hydrogens is 266 g/mol. The van der Waals surface area contributed by atoms with E-state index in [-0.39, 0.29) is 11.7 Å². The van der Waals surface area contributed by atoms with Crippen LogP contribution in [0.25, 0.3) is 0 Å². The molecule has 3 rings (SSSR count). The molecule has 102 valence electrons. The Morgan fingerprint density at radius 3 is 3.00 bits per heavy atom. The molecule has 1 aromatic rings. The number of sulfone groups is 1. The summed E-state index contributed by atoms with van der Waals surface area (Å²) in [6.07, 6.45) is 6.08. The van der Waals surface area contributed by atoms with Crippen molar-refractivity contribution in [2.75, 3.05) is 5.75 Å². The minimum atomic E-state index is -3.14. The van der Waals surface area contributed by atoms with Crippen molar-refractivity contribution in [3.8, 4) is 0 Å². The summed E-state index contributed by atoms with van der Waals surface area (Å²) >= 11 is 0. The molecule has 0 aliphatic carbocycles. The molecule has 2 aliphatic heterocycles. The summed E-state index contributed by atoms with van der Waals surface area (Å²) in [7, 11) is -3.14. The highest BCUT2D eigenvalue weighted by atomic mass is 32.2. The van der Waals surface area contributed by atoms with Gasteiger partial charge in [-0.25, -0.2) is 8.42 Å². The number of hydrogen-bond donors (Lipinski definition) is 1. The van der Waals surface area contributed by atoms with Crippen LogP contribution in [0.5, 0.6) is 0 Å². The Balaban J connectivity index is 1.75. The highest BCUT2D eigenvalue weighted by Gasteiger charge is 2.26. The topological polar surface area (TPSA) is 81.1 Å². The highest BCUT2D eigenvalue weighted by molar-refractivity contribution is 7.94. The van der Waals surface area contributed by atoms with Crippen molar-refractivity contribution in [2.45, 2.75) is 31.8 Å². The van der Waals surface area contributed by atoms with E-state index in [1.807, 2.05) is 4.68 Å². The van der Waals surface area contributed by atoms with Gasteiger partial charge < -0.3 is 5.32 Å². The third-order valence-corrected chi connectivity index (χ3v) is 4.87. The van der Waals surface area contributed by atoms with E-state index in [0.717, 1.165) is 36.9 Å². The Hall–Kier alpha value is -1.63. The van der Waals surface area contributed by atoms with E-state index in [9.17, 15) is 13.2 Å². The molecule has 0 radical (unpaired) electrons. The van der Waals surface area contributed by atoms with Crippen molar-refractivity contribution >= 4 is 15.7 Å². The largest absolute Gasteiger partial charge is 0.345 e. The lowest BCUT2D eigenvalue weighted by Gasteiger charge is -2.15. The normalized spacial score (nSPS) is 24.1. The Morgan fingerprint density at radius 2 is 2.26 bits per heavy atom. The van der Waals surface area contributed by atoms with Crippen molar-refractivity contribution in [1.29, 1.82) is 0 Å². The molecule has 2 aliphatic rings. The van der Waals surface area contributed by atoms with Gasteiger partial charge in [0, 0.05) is 12.0 Å². The lowest BCUT2D eigenvalue weighted by atomic mass is 10.1. The minimum absolute atomic E-state index is 0.0534. The van der Waals surface area contributed by atoms with Crippen molar-refractivity contribution in [3.63, 3.8) is 0 Å². The molecule has 7 heteroatoms. The van der Waals surface area contributed by atoms with Gasteiger partial charge in [-0.2, -0.15) is 5.10 Å². The molecule has 0 bridgehead atoms. The third kappa shape index (κ3) is 2.42. The Labute approximate surface area is 111 Å². The van der Waals surface area contributed by atoms with E-state index < -0.39 is 15.9 Å². The van der Waals surface area contributed by atoms with Crippen molar-refractivity contribution in [1.82, 2.24) is 15.1 Å². The van der Waals surface area contributed by atoms with Crippen LogP contribution in [-0.4, -0.2) is 35.9 Å². The van der Waals surface area contributed by atoms with E-state index in [0.29, 0.717) is 5.56 Å². The first kappa shape index (κ1) is 12.4. The molecule has 0 saturated heterocycles. The van der Waals surface area contributed by atoms with Gasteiger partial charge >= 0.3 is 0 Å². The van der Waals surface area contributed by atoms with Crippen molar-refractivity contribution < 1.29 is 13.2 Å². The molecule has 0 spiro atoms. The summed E-state index contributed by atoms with van der Waals surface area (Å²) < 4.78 is 24.4. The van der Waals surface area contributed by atoms with Crippen LogP contribution in [0.1, 0.15) is 28.9 Å². The molecule has 1 aromatic heterocycles. The van der Waals surface area contributed by atoms with Crippen LogP contribution in [0, 0.1) is 0 Å². The van der Waals surface area contributed by atoms with Gasteiger partial charge in [0.15, 0.2) is 9.84 Å². The van der Waals surface area contributed by atoms with Crippen LogP contribution in [0.3, 0.4) is 0 Å². The number of aryl methyl sites for hydroxylation is 1. The molecule has 0 saturated carbocycles. The lowest BCUT2D eigenvalue weighted by Crippen LogP contribution is -2.36. The number of fused-ring (bicyclic) bond motifs is 1. The second kappa shape index (κ2) is 4.48. The summed E-state index contributed by atoms with van der Waals surface area (Å²) in [6.45, 7) is 0.848. The van der Waals surface area contributed by atoms with Gasteiger partial charge in [0.25, 0.3) is 5.91 Å². The molecule has 0 aromatic carbocycles. The van der Waals surface area contributed by atoms with Gasteiger partial charge in [-0.3, -0.25) is 9.48 Å². The van der Waals surface area contributed by atoms with Crippen molar-refractivity contribution in [3.05, 3.63) is 28.9 Å². The van der Waals surface area contributed by atoms with Crippen LogP contribution in [0.4, 0.5) is 0 Å². The van der Waals surface area contributed by atoms with Crippen LogP contribution in [0.2, 0.25) is 0 Å². The van der Waals surface area contributed by atoms with E-state index in [1.54, 1.807) is 6.20 Å². The zero-order valence-corrected chi connectivity index (χ0v) is 11.2. The number of carbonyl (C=O) groups is 1. The molecule has 19 heavy (non-hydrogen) atoms. The van der Waals surface area contributed by atoms with Crippen LogP contribution >= 0.6 is 0 Å². The monoisotopic (exact) mass is 281 g/mol. The summed E-state index contributed by atoms with van der Waals surface area (Å²) in [5.74, 6) is -0.294. The smallest absolute Gasteiger partial charge is 0.255 e. The Morgan fingerprint density at radius 1 is 1.42 bits per heavy atom. The molecule has 1 amide bonds. The fraction of sp³-hybridized carbons (Fsp3) is 0.500. The van der Waals surface area contributed by atoms with Crippen LogP contribution in [-0.2, 0) is 22.8 Å². The number of hydrogen-bond acceptors (Lipinski definition) is 4. The van der Waals surface area contributed by atoms with Gasteiger partial charge in [0.1, 0.15) is 0 Å². The van der Waals surface area contributed by atoms with Crippen molar-refractivity contribution in [2.24, 2.45) is 0 Å². The maximum Gasteiger partial charge on any atom is 0.255 e. The molecule has 0 fully saturated rings. The van der Waals surface area contributed by atoms with Crippen LogP contribution < -0.4 is 5.32 Å². The summed E-state index contributed by atoms with van der Waals surface area (Å²) in [4.78, 5) is 12.2. The highest BCUT2D eigenvalue weighted by Crippen LogP contribution is 2.18. The van der Waals surface area contributed by atoms with Crippen LogP contribution in [0.15, 0.2) is 17.7 Å². The predicted octanol–water partition coefficient (Wildman–Crippen LogP) is 0.260. The number of rotatable bonds is 2. The quantitative estimate of drug-likeness (QED) is 0.843. The van der Waals surface area contributed by atoms with E-state index in [1.165, 1.54) is 6.08 Å². The molecule has 0 unspecified atom stereocenters. The molecule has 1 N–H and O–H groups in total. The number of nitrogens with zero attached hydrogens (tertiary/aromatic N) is 2. The zero-order valence-electron chi connectivity index (χ0n) is 10.4.